The summed E-state index contributed by atoms with van der Waals surface area (Å²) in [7, 11) is 0. The predicted octanol–water partition coefficient (Wildman–Crippen LogP) is -0.124. The van der Waals surface area contributed by atoms with E-state index in [1.54, 1.807) is 6.20 Å². The molecule has 4 heteroatoms. The largest absolute Gasteiger partial charge is 0.396 e. The van der Waals surface area contributed by atoms with Crippen LogP contribution in [0.15, 0.2) is 12.3 Å². The zero-order valence-electron chi connectivity index (χ0n) is 7.61. The van der Waals surface area contributed by atoms with Gasteiger partial charge in [-0.1, -0.05) is 0 Å². The van der Waals surface area contributed by atoms with Crippen LogP contribution in [0.4, 0.5) is 0 Å². The third-order valence-corrected chi connectivity index (χ3v) is 2.55. The van der Waals surface area contributed by atoms with E-state index in [4.69, 9.17) is 5.11 Å². The Bertz CT molecular complexity index is 241. The average Bonchev–Trinajstić information content (AvgIpc) is 2.54. The lowest BCUT2D eigenvalue weighted by atomic mass is 10.0. The van der Waals surface area contributed by atoms with Gasteiger partial charge >= 0.3 is 0 Å². The van der Waals surface area contributed by atoms with Crippen LogP contribution in [0.3, 0.4) is 0 Å². The van der Waals surface area contributed by atoms with Gasteiger partial charge in [-0.3, -0.25) is 5.10 Å². The number of aromatic nitrogens is 2. The van der Waals surface area contributed by atoms with Crippen LogP contribution < -0.4 is 0 Å². The maximum atomic E-state index is 8.81. The lowest BCUT2D eigenvalue weighted by Gasteiger charge is -2.38. The quantitative estimate of drug-likeness (QED) is 0.680. The van der Waals surface area contributed by atoms with E-state index in [1.165, 1.54) is 5.69 Å². The zero-order valence-corrected chi connectivity index (χ0v) is 7.61. The van der Waals surface area contributed by atoms with Crippen LogP contribution in [0.25, 0.3) is 0 Å². The summed E-state index contributed by atoms with van der Waals surface area (Å²) in [5.41, 5.74) is 1.19. The normalized spacial score (nSPS) is 18.8. The molecular weight excluding hydrogens is 166 g/mol. The van der Waals surface area contributed by atoms with Crippen LogP contribution in [0.2, 0.25) is 0 Å². The molecule has 4 nitrogen and oxygen atoms in total. The molecule has 1 aromatic rings. The monoisotopic (exact) mass is 181 g/mol. The number of likely N-dealkylation sites (tertiary alicyclic amines) is 1. The van der Waals surface area contributed by atoms with Crippen molar-refractivity contribution < 1.29 is 5.11 Å². The van der Waals surface area contributed by atoms with Crippen molar-refractivity contribution in [2.45, 2.75) is 6.42 Å². The maximum absolute atomic E-state index is 8.81. The molecule has 2 rings (SSSR count). The zero-order chi connectivity index (χ0) is 9.10. The Morgan fingerprint density at radius 3 is 3.08 bits per heavy atom. The summed E-state index contributed by atoms with van der Waals surface area (Å²) in [5, 5.41) is 15.6. The molecule has 0 aliphatic carbocycles. The first-order valence-electron chi connectivity index (χ1n) is 4.70. The Balaban J connectivity index is 1.65. The van der Waals surface area contributed by atoms with Gasteiger partial charge in [0, 0.05) is 50.5 Å². The van der Waals surface area contributed by atoms with Crippen molar-refractivity contribution >= 4 is 0 Å². The van der Waals surface area contributed by atoms with Crippen LogP contribution in [-0.4, -0.2) is 46.4 Å². The van der Waals surface area contributed by atoms with E-state index in [0.29, 0.717) is 12.5 Å². The van der Waals surface area contributed by atoms with Gasteiger partial charge in [-0.05, 0) is 6.07 Å². The van der Waals surface area contributed by atoms with E-state index in [2.05, 4.69) is 15.1 Å². The van der Waals surface area contributed by atoms with Gasteiger partial charge in [0.1, 0.15) is 0 Å². The minimum Gasteiger partial charge on any atom is -0.396 e. The van der Waals surface area contributed by atoms with Gasteiger partial charge in [0.15, 0.2) is 0 Å². The topological polar surface area (TPSA) is 52.1 Å². The molecule has 1 fully saturated rings. The fourth-order valence-electron chi connectivity index (χ4n) is 1.68. The highest BCUT2D eigenvalue weighted by molar-refractivity contribution is 4.98. The average molecular weight is 181 g/mol. The summed E-state index contributed by atoms with van der Waals surface area (Å²) in [4.78, 5) is 2.35. The van der Waals surface area contributed by atoms with Gasteiger partial charge < -0.3 is 10.0 Å². The number of hydrogen-bond acceptors (Lipinski definition) is 3. The van der Waals surface area contributed by atoms with Gasteiger partial charge in [-0.15, -0.1) is 0 Å². The van der Waals surface area contributed by atoms with Crippen molar-refractivity contribution in [3.05, 3.63) is 18.0 Å². The van der Waals surface area contributed by atoms with E-state index in [-0.39, 0.29) is 0 Å². The Hall–Kier alpha value is -0.870. The fraction of sp³-hybridized carbons (Fsp3) is 0.667. The molecule has 0 bridgehead atoms. The number of nitrogens with zero attached hydrogens (tertiary/aromatic N) is 2. The van der Waals surface area contributed by atoms with Crippen LogP contribution in [-0.2, 0) is 6.42 Å². The van der Waals surface area contributed by atoms with Crippen LogP contribution in [0.1, 0.15) is 5.69 Å². The Morgan fingerprint density at radius 2 is 2.46 bits per heavy atom. The number of H-pyrrole nitrogens is 1. The van der Waals surface area contributed by atoms with E-state index >= 15 is 0 Å². The molecule has 0 spiro atoms. The van der Waals surface area contributed by atoms with Crippen molar-refractivity contribution in [2.75, 3.05) is 26.2 Å². The number of hydrogen-bond donors (Lipinski definition) is 2. The molecule has 2 heterocycles. The molecule has 13 heavy (non-hydrogen) atoms. The van der Waals surface area contributed by atoms with Gasteiger partial charge in [0.2, 0.25) is 0 Å². The first kappa shape index (κ1) is 8.72. The summed E-state index contributed by atoms with van der Waals surface area (Å²) in [6.45, 7) is 3.49. The van der Waals surface area contributed by atoms with E-state index in [1.807, 2.05) is 6.07 Å². The van der Waals surface area contributed by atoms with Gasteiger partial charge in [-0.2, -0.15) is 5.10 Å². The molecule has 1 aliphatic heterocycles. The highest BCUT2D eigenvalue weighted by Crippen LogP contribution is 2.14. The lowest BCUT2D eigenvalue weighted by molar-refractivity contribution is 0.0549. The van der Waals surface area contributed by atoms with Crippen molar-refractivity contribution in [3.63, 3.8) is 0 Å². The molecule has 2 N–H and O–H groups in total. The molecule has 1 aromatic heterocycles. The molecule has 0 aromatic carbocycles. The first-order chi connectivity index (χ1) is 6.38. The van der Waals surface area contributed by atoms with E-state index in [9.17, 15) is 0 Å². The minimum absolute atomic E-state index is 0.334. The van der Waals surface area contributed by atoms with Gasteiger partial charge in [-0.25, -0.2) is 0 Å². The van der Waals surface area contributed by atoms with Crippen molar-refractivity contribution in [1.29, 1.82) is 0 Å². The predicted molar refractivity (Wildman–Crippen MR) is 49.3 cm³/mol. The lowest BCUT2D eigenvalue weighted by Crippen LogP contribution is -2.48. The fourth-order valence-corrected chi connectivity index (χ4v) is 1.68. The van der Waals surface area contributed by atoms with Crippen LogP contribution in [0, 0.1) is 5.92 Å². The first-order valence-corrected chi connectivity index (χ1v) is 4.70. The summed E-state index contributed by atoms with van der Waals surface area (Å²) < 4.78 is 0. The molecule has 1 aliphatic rings. The summed E-state index contributed by atoms with van der Waals surface area (Å²) in [5.74, 6) is 0.516. The Morgan fingerprint density at radius 1 is 1.62 bits per heavy atom. The summed E-state index contributed by atoms with van der Waals surface area (Å²) in [6.07, 6.45) is 2.81. The molecule has 0 atom stereocenters. The van der Waals surface area contributed by atoms with Crippen molar-refractivity contribution in [1.82, 2.24) is 15.1 Å². The SMILES string of the molecule is OCC1CN(CCc2ccn[nH]2)C1. The number of aliphatic hydroxyl groups excluding tert-OH is 1. The smallest absolute Gasteiger partial charge is 0.0490 e. The van der Waals surface area contributed by atoms with Gasteiger partial charge in [0.25, 0.3) is 0 Å². The van der Waals surface area contributed by atoms with Crippen LogP contribution >= 0.6 is 0 Å². The van der Waals surface area contributed by atoms with Crippen molar-refractivity contribution in [2.24, 2.45) is 5.92 Å². The molecule has 0 saturated carbocycles. The van der Waals surface area contributed by atoms with E-state index < -0.39 is 0 Å². The summed E-state index contributed by atoms with van der Waals surface area (Å²) in [6, 6.07) is 2.00. The second-order valence-electron chi connectivity index (χ2n) is 3.64. The molecular formula is C9H15N3O. The highest BCUT2D eigenvalue weighted by atomic mass is 16.3. The van der Waals surface area contributed by atoms with Gasteiger partial charge in [0.05, 0.1) is 0 Å². The number of rotatable bonds is 4. The molecule has 0 unspecified atom stereocenters. The van der Waals surface area contributed by atoms with Crippen LogP contribution in [0.5, 0.6) is 0 Å². The minimum atomic E-state index is 0.334. The molecule has 0 radical (unpaired) electrons. The maximum Gasteiger partial charge on any atom is 0.0490 e. The summed E-state index contributed by atoms with van der Waals surface area (Å²) >= 11 is 0. The third-order valence-electron chi connectivity index (χ3n) is 2.55. The molecule has 0 amide bonds. The highest BCUT2D eigenvalue weighted by Gasteiger charge is 2.24. The van der Waals surface area contributed by atoms with E-state index in [0.717, 1.165) is 26.1 Å². The molecule has 72 valence electrons. The van der Waals surface area contributed by atoms with Crippen molar-refractivity contribution in [3.8, 4) is 0 Å². The number of nitrogens with one attached hydrogen (secondary N) is 1. The standard InChI is InChI=1S/C9H15N3O/c13-7-8-5-12(6-8)4-2-9-1-3-10-11-9/h1,3,8,13H,2,4-7H2,(H,10,11). The Labute approximate surface area is 77.6 Å². The number of aromatic amines is 1. The second-order valence-corrected chi connectivity index (χ2v) is 3.64. The number of aliphatic hydroxyl groups is 1. The molecule has 1 saturated heterocycles. The second kappa shape index (κ2) is 3.89. The third kappa shape index (κ3) is 2.08. The Kier molecular flexibility index (Phi) is 2.61.